The number of carbonyl (C=O) groups excluding carboxylic acids is 2. The zero-order valence-corrected chi connectivity index (χ0v) is 16.8. The minimum Gasteiger partial charge on any atom is -0.496 e. The van der Waals surface area contributed by atoms with Crippen molar-refractivity contribution < 1.29 is 14.3 Å². The number of amides is 2. The maximum Gasteiger partial charge on any atom is 0.259 e. The first-order valence-corrected chi connectivity index (χ1v) is 9.28. The minimum atomic E-state index is -0.262. The fourth-order valence-corrected chi connectivity index (χ4v) is 2.93. The Morgan fingerprint density at radius 2 is 1.97 bits per heavy atom. The number of nitrogens with one attached hydrogen (secondary N) is 2. The molecular formula is C21H25N5O3. The molecule has 0 unspecified atom stereocenters. The molecule has 0 saturated carbocycles. The van der Waals surface area contributed by atoms with E-state index in [1.165, 1.54) is 7.11 Å². The predicted molar refractivity (Wildman–Crippen MR) is 112 cm³/mol. The van der Waals surface area contributed by atoms with Gasteiger partial charge in [-0.05, 0) is 44.4 Å². The van der Waals surface area contributed by atoms with Crippen molar-refractivity contribution in [1.82, 2.24) is 19.8 Å². The fourth-order valence-electron chi connectivity index (χ4n) is 2.93. The molecule has 3 aromatic rings. The zero-order valence-electron chi connectivity index (χ0n) is 16.8. The molecule has 1 heterocycles. The summed E-state index contributed by atoms with van der Waals surface area (Å²) in [5.74, 6) is 0.178. The molecule has 0 fully saturated rings. The molecule has 8 heteroatoms. The first-order valence-electron chi connectivity index (χ1n) is 9.28. The molecular weight excluding hydrogens is 370 g/mol. The number of fused-ring (bicyclic) bond motifs is 1. The summed E-state index contributed by atoms with van der Waals surface area (Å²) in [7, 11) is 5.45. The molecule has 3 rings (SSSR count). The standard InChI is InChI=1S/C21H25N5O3/c1-25(2)11-10-22-20(27)13-26-14-23-17-12-15(8-9-18(17)26)24-21(28)16-6-4-5-7-19(16)29-3/h4-9,12,14H,10-11,13H2,1-3H3,(H,22,27)(H,24,28). The topological polar surface area (TPSA) is 88.5 Å². The van der Waals surface area contributed by atoms with Crippen LogP contribution in [0.5, 0.6) is 5.75 Å². The van der Waals surface area contributed by atoms with Crippen molar-refractivity contribution in [2.75, 3.05) is 39.6 Å². The molecule has 0 spiro atoms. The second kappa shape index (κ2) is 9.20. The summed E-state index contributed by atoms with van der Waals surface area (Å²) in [6, 6.07) is 12.4. The summed E-state index contributed by atoms with van der Waals surface area (Å²) in [4.78, 5) is 31.0. The number of anilines is 1. The second-order valence-corrected chi connectivity index (χ2v) is 6.88. The van der Waals surface area contributed by atoms with Gasteiger partial charge in [0, 0.05) is 18.8 Å². The molecule has 0 aliphatic rings. The normalized spacial score (nSPS) is 10.9. The van der Waals surface area contributed by atoms with Gasteiger partial charge in [-0.25, -0.2) is 4.98 Å². The number of imidazole rings is 1. The van der Waals surface area contributed by atoms with Gasteiger partial charge in [0.15, 0.2) is 0 Å². The van der Waals surface area contributed by atoms with Gasteiger partial charge < -0.3 is 24.8 Å². The van der Waals surface area contributed by atoms with Gasteiger partial charge in [0.1, 0.15) is 12.3 Å². The zero-order chi connectivity index (χ0) is 20.8. The Kier molecular flexibility index (Phi) is 6.46. The number of aromatic nitrogens is 2. The van der Waals surface area contributed by atoms with Gasteiger partial charge >= 0.3 is 0 Å². The molecule has 2 aromatic carbocycles. The van der Waals surface area contributed by atoms with Crippen molar-refractivity contribution in [2.24, 2.45) is 0 Å². The van der Waals surface area contributed by atoms with Crippen LogP contribution in [0.3, 0.4) is 0 Å². The highest BCUT2D eigenvalue weighted by Crippen LogP contribution is 2.22. The highest BCUT2D eigenvalue weighted by atomic mass is 16.5. The molecule has 0 aliphatic carbocycles. The number of rotatable bonds is 8. The van der Waals surface area contributed by atoms with E-state index in [2.05, 4.69) is 15.6 Å². The van der Waals surface area contributed by atoms with Crippen molar-refractivity contribution in [3.8, 4) is 5.75 Å². The Morgan fingerprint density at radius 1 is 1.17 bits per heavy atom. The van der Waals surface area contributed by atoms with Crippen LogP contribution in [0.25, 0.3) is 11.0 Å². The number of likely N-dealkylation sites (N-methyl/N-ethyl adjacent to an activating group) is 1. The van der Waals surface area contributed by atoms with Crippen molar-refractivity contribution in [2.45, 2.75) is 6.54 Å². The van der Waals surface area contributed by atoms with Crippen LogP contribution < -0.4 is 15.4 Å². The molecule has 2 amide bonds. The van der Waals surface area contributed by atoms with E-state index in [-0.39, 0.29) is 18.4 Å². The third kappa shape index (κ3) is 5.11. The molecule has 0 saturated heterocycles. The average molecular weight is 395 g/mol. The Labute approximate surface area is 169 Å². The highest BCUT2D eigenvalue weighted by molar-refractivity contribution is 6.06. The van der Waals surface area contributed by atoms with E-state index in [1.807, 2.05) is 31.1 Å². The van der Waals surface area contributed by atoms with E-state index in [1.54, 1.807) is 41.2 Å². The van der Waals surface area contributed by atoms with Crippen LogP contribution in [0.1, 0.15) is 10.4 Å². The van der Waals surface area contributed by atoms with E-state index in [0.29, 0.717) is 29.1 Å². The number of carbonyl (C=O) groups is 2. The van der Waals surface area contributed by atoms with Crippen LogP contribution in [0.15, 0.2) is 48.8 Å². The number of ether oxygens (including phenoxy) is 1. The fraction of sp³-hybridized carbons (Fsp3) is 0.286. The summed E-state index contributed by atoms with van der Waals surface area (Å²) >= 11 is 0. The number of benzene rings is 2. The first kappa shape index (κ1) is 20.3. The molecule has 1 aromatic heterocycles. The SMILES string of the molecule is COc1ccccc1C(=O)Nc1ccc2c(c1)ncn2CC(=O)NCCN(C)C. The van der Waals surface area contributed by atoms with Crippen molar-refractivity contribution in [3.05, 3.63) is 54.4 Å². The Bertz CT molecular complexity index is 1010. The molecule has 0 atom stereocenters. The summed E-state index contributed by atoms with van der Waals surface area (Å²) in [5, 5.41) is 5.75. The molecule has 29 heavy (non-hydrogen) atoms. The highest BCUT2D eigenvalue weighted by Gasteiger charge is 2.13. The first-order chi connectivity index (χ1) is 14.0. The van der Waals surface area contributed by atoms with Crippen molar-refractivity contribution in [1.29, 1.82) is 0 Å². The van der Waals surface area contributed by atoms with Gasteiger partial charge in [-0.15, -0.1) is 0 Å². The van der Waals surface area contributed by atoms with E-state index in [9.17, 15) is 9.59 Å². The Morgan fingerprint density at radius 3 is 2.72 bits per heavy atom. The maximum atomic E-state index is 12.6. The van der Waals surface area contributed by atoms with Crippen LogP contribution in [0.2, 0.25) is 0 Å². The summed E-state index contributed by atoms with van der Waals surface area (Å²) in [6.45, 7) is 1.57. The van der Waals surface area contributed by atoms with E-state index in [4.69, 9.17) is 4.74 Å². The van der Waals surface area contributed by atoms with Crippen LogP contribution in [-0.4, -0.2) is 60.6 Å². The van der Waals surface area contributed by atoms with Crippen LogP contribution in [0, 0.1) is 0 Å². The monoisotopic (exact) mass is 395 g/mol. The lowest BCUT2D eigenvalue weighted by molar-refractivity contribution is -0.121. The summed E-state index contributed by atoms with van der Waals surface area (Å²) in [6.07, 6.45) is 1.63. The lowest BCUT2D eigenvalue weighted by atomic mass is 10.2. The van der Waals surface area contributed by atoms with E-state index >= 15 is 0 Å². The van der Waals surface area contributed by atoms with Crippen LogP contribution >= 0.6 is 0 Å². The molecule has 8 nitrogen and oxygen atoms in total. The number of hydrogen-bond donors (Lipinski definition) is 2. The summed E-state index contributed by atoms with van der Waals surface area (Å²) in [5.41, 5.74) is 2.59. The van der Waals surface area contributed by atoms with Gasteiger partial charge in [0.2, 0.25) is 5.91 Å². The third-order valence-corrected chi connectivity index (χ3v) is 4.43. The lowest BCUT2D eigenvalue weighted by Crippen LogP contribution is -2.33. The van der Waals surface area contributed by atoms with Gasteiger partial charge in [0.25, 0.3) is 5.91 Å². The predicted octanol–water partition coefficient (Wildman–Crippen LogP) is 1.97. The van der Waals surface area contributed by atoms with E-state index in [0.717, 1.165) is 12.1 Å². The number of para-hydroxylation sites is 1. The van der Waals surface area contributed by atoms with Crippen LogP contribution in [0.4, 0.5) is 5.69 Å². The number of hydrogen-bond acceptors (Lipinski definition) is 5. The largest absolute Gasteiger partial charge is 0.496 e. The van der Waals surface area contributed by atoms with Crippen LogP contribution in [-0.2, 0) is 11.3 Å². The smallest absolute Gasteiger partial charge is 0.259 e. The Hall–Kier alpha value is -3.39. The molecule has 0 radical (unpaired) electrons. The molecule has 0 bridgehead atoms. The third-order valence-electron chi connectivity index (χ3n) is 4.43. The second-order valence-electron chi connectivity index (χ2n) is 6.88. The number of methoxy groups -OCH3 is 1. The number of nitrogens with zero attached hydrogens (tertiary/aromatic N) is 3. The Balaban J connectivity index is 1.68. The maximum absolute atomic E-state index is 12.6. The van der Waals surface area contributed by atoms with Gasteiger partial charge in [-0.1, -0.05) is 12.1 Å². The average Bonchev–Trinajstić information content (AvgIpc) is 3.09. The van der Waals surface area contributed by atoms with Crippen molar-refractivity contribution in [3.63, 3.8) is 0 Å². The molecule has 0 aliphatic heterocycles. The minimum absolute atomic E-state index is 0.0697. The lowest BCUT2D eigenvalue weighted by Gasteiger charge is -2.11. The quantitative estimate of drug-likeness (QED) is 0.609. The molecule has 2 N–H and O–H groups in total. The van der Waals surface area contributed by atoms with Gasteiger partial charge in [-0.2, -0.15) is 0 Å². The van der Waals surface area contributed by atoms with Gasteiger partial charge in [0.05, 0.1) is 30.0 Å². The molecule has 152 valence electrons. The van der Waals surface area contributed by atoms with Crippen molar-refractivity contribution >= 4 is 28.5 Å². The van der Waals surface area contributed by atoms with Gasteiger partial charge in [-0.3, -0.25) is 9.59 Å². The summed E-state index contributed by atoms with van der Waals surface area (Å²) < 4.78 is 7.02. The van der Waals surface area contributed by atoms with E-state index < -0.39 is 0 Å².